The molecule has 12 heavy (non-hydrogen) atoms. The molecule has 0 aliphatic heterocycles. The van der Waals surface area contributed by atoms with Crippen molar-refractivity contribution < 1.29 is 8.42 Å². The fraction of sp³-hybridized carbons (Fsp3) is 1.00. The Bertz CT molecular complexity index is 216. The summed E-state index contributed by atoms with van der Waals surface area (Å²) in [5, 5.41) is 0. The smallest absolute Gasteiger partial charge is 0.212 e. The first kappa shape index (κ1) is 11.9. The number of hydrogen-bond acceptors (Lipinski definition) is 3. The van der Waals surface area contributed by atoms with Gasteiger partial charge in [0.05, 0.1) is 5.75 Å². The van der Waals surface area contributed by atoms with Crippen LogP contribution in [-0.4, -0.2) is 26.3 Å². The number of nitrogens with two attached hydrogens (primary N) is 1. The van der Waals surface area contributed by atoms with Crippen LogP contribution in [-0.2, 0) is 10.0 Å². The zero-order chi connectivity index (χ0) is 9.83. The number of nitrogens with one attached hydrogen (secondary N) is 1. The van der Waals surface area contributed by atoms with Gasteiger partial charge in [-0.15, -0.1) is 0 Å². The van der Waals surface area contributed by atoms with E-state index in [1.54, 1.807) is 0 Å². The minimum Gasteiger partial charge on any atom is -0.330 e. The summed E-state index contributed by atoms with van der Waals surface area (Å²) in [4.78, 5) is 0. The van der Waals surface area contributed by atoms with Crippen LogP contribution in [0.2, 0.25) is 0 Å². The summed E-state index contributed by atoms with van der Waals surface area (Å²) in [6.07, 6.45) is 0.505. The van der Waals surface area contributed by atoms with Gasteiger partial charge in [-0.2, -0.15) is 0 Å². The molecule has 0 atom stereocenters. The summed E-state index contributed by atoms with van der Waals surface area (Å²) in [6, 6.07) is 0. The van der Waals surface area contributed by atoms with Crippen LogP contribution in [0.3, 0.4) is 0 Å². The van der Waals surface area contributed by atoms with Crippen LogP contribution in [0.15, 0.2) is 0 Å². The van der Waals surface area contributed by atoms with Gasteiger partial charge < -0.3 is 5.73 Å². The zero-order valence-corrected chi connectivity index (χ0v) is 8.74. The maximum absolute atomic E-state index is 11.2. The molecule has 74 valence electrons. The Kier molecular flexibility index (Phi) is 4.16. The molecule has 0 bridgehead atoms. The maximum atomic E-state index is 11.2. The highest BCUT2D eigenvalue weighted by Gasteiger charge is 2.18. The highest BCUT2D eigenvalue weighted by Crippen LogP contribution is 2.02. The third kappa shape index (κ3) is 6.57. The van der Waals surface area contributed by atoms with Crippen molar-refractivity contribution in [3.05, 3.63) is 0 Å². The second-order valence-electron chi connectivity index (χ2n) is 3.81. The molecule has 0 fully saturated rings. The van der Waals surface area contributed by atoms with Gasteiger partial charge in [0.2, 0.25) is 10.0 Å². The lowest BCUT2D eigenvalue weighted by molar-refractivity contribution is 0.490. The third-order valence-corrected chi connectivity index (χ3v) is 2.83. The summed E-state index contributed by atoms with van der Waals surface area (Å²) < 4.78 is 25.0. The fourth-order valence-corrected chi connectivity index (χ4v) is 2.37. The SMILES string of the molecule is CC(C)(C)NS(=O)(=O)CCCN. The van der Waals surface area contributed by atoms with Crippen LogP contribution in [0.5, 0.6) is 0 Å². The molecule has 0 heterocycles. The molecule has 0 aliphatic carbocycles. The predicted molar refractivity (Wildman–Crippen MR) is 50.3 cm³/mol. The standard InChI is InChI=1S/C7H18N2O2S/c1-7(2,3)9-12(10,11)6-4-5-8/h9H,4-6,8H2,1-3H3. The van der Waals surface area contributed by atoms with Gasteiger partial charge in [-0.05, 0) is 33.7 Å². The molecular formula is C7H18N2O2S. The van der Waals surface area contributed by atoms with Crippen molar-refractivity contribution in [3.63, 3.8) is 0 Å². The van der Waals surface area contributed by atoms with Crippen molar-refractivity contribution in [2.45, 2.75) is 32.7 Å². The van der Waals surface area contributed by atoms with Crippen LogP contribution >= 0.6 is 0 Å². The van der Waals surface area contributed by atoms with Crippen molar-refractivity contribution in [1.29, 1.82) is 0 Å². The molecule has 4 nitrogen and oxygen atoms in total. The third-order valence-electron chi connectivity index (χ3n) is 1.08. The highest BCUT2D eigenvalue weighted by molar-refractivity contribution is 7.89. The molecule has 0 saturated heterocycles. The average molecular weight is 194 g/mol. The number of sulfonamides is 1. The average Bonchev–Trinajstić information content (AvgIpc) is 1.78. The van der Waals surface area contributed by atoms with E-state index in [-0.39, 0.29) is 5.75 Å². The molecule has 0 aliphatic rings. The second kappa shape index (κ2) is 4.20. The monoisotopic (exact) mass is 194 g/mol. The van der Waals surface area contributed by atoms with E-state index in [1.165, 1.54) is 0 Å². The summed E-state index contributed by atoms with van der Waals surface area (Å²) in [5.41, 5.74) is 4.81. The van der Waals surface area contributed by atoms with Crippen molar-refractivity contribution >= 4 is 10.0 Å². The normalized spacial score (nSPS) is 13.3. The first-order valence-electron chi connectivity index (χ1n) is 3.98. The minimum atomic E-state index is -3.13. The van der Waals surface area contributed by atoms with Crippen LogP contribution in [0.4, 0.5) is 0 Å². The van der Waals surface area contributed by atoms with Gasteiger partial charge in [0.15, 0.2) is 0 Å². The van der Waals surface area contributed by atoms with Crippen molar-refractivity contribution in [1.82, 2.24) is 4.72 Å². The number of rotatable bonds is 4. The van der Waals surface area contributed by atoms with Crippen LogP contribution < -0.4 is 10.5 Å². The maximum Gasteiger partial charge on any atom is 0.212 e. The van der Waals surface area contributed by atoms with Gasteiger partial charge in [-0.1, -0.05) is 0 Å². The van der Waals surface area contributed by atoms with Gasteiger partial charge in [0.25, 0.3) is 0 Å². The fourth-order valence-electron chi connectivity index (χ4n) is 0.791. The van der Waals surface area contributed by atoms with E-state index in [0.29, 0.717) is 13.0 Å². The summed E-state index contributed by atoms with van der Waals surface area (Å²) >= 11 is 0. The van der Waals surface area contributed by atoms with Gasteiger partial charge in [-0.3, -0.25) is 0 Å². The van der Waals surface area contributed by atoms with E-state index in [9.17, 15) is 8.42 Å². The molecule has 5 heteroatoms. The van der Waals surface area contributed by atoms with E-state index in [1.807, 2.05) is 20.8 Å². The van der Waals surface area contributed by atoms with Crippen LogP contribution in [0.1, 0.15) is 27.2 Å². The molecule has 0 amide bonds. The highest BCUT2D eigenvalue weighted by atomic mass is 32.2. The minimum absolute atomic E-state index is 0.112. The van der Waals surface area contributed by atoms with Gasteiger partial charge in [0, 0.05) is 5.54 Å². The Labute approximate surface area is 74.6 Å². The van der Waals surface area contributed by atoms with Gasteiger partial charge in [0.1, 0.15) is 0 Å². The largest absolute Gasteiger partial charge is 0.330 e. The molecule has 0 rings (SSSR count). The van der Waals surface area contributed by atoms with Gasteiger partial charge in [-0.25, -0.2) is 13.1 Å². The predicted octanol–water partition coefficient (Wildman–Crippen LogP) is 0.0531. The van der Waals surface area contributed by atoms with Crippen molar-refractivity contribution in [3.8, 4) is 0 Å². The first-order chi connectivity index (χ1) is 5.27. The Morgan fingerprint density at radius 2 is 1.83 bits per heavy atom. The van der Waals surface area contributed by atoms with Crippen molar-refractivity contribution in [2.24, 2.45) is 5.73 Å². The molecule has 0 unspecified atom stereocenters. The van der Waals surface area contributed by atoms with E-state index in [0.717, 1.165) is 0 Å². The number of hydrogen-bond donors (Lipinski definition) is 2. The lowest BCUT2D eigenvalue weighted by Crippen LogP contribution is -2.42. The summed E-state index contributed by atoms with van der Waals surface area (Å²) in [7, 11) is -3.13. The van der Waals surface area contributed by atoms with E-state index in [2.05, 4.69) is 4.72 Å². The van der Waals surface area contributed by atoms with E-state index >= 15 is 0 Å². The summed E-state index contributed by atoms with van der Waals surface area (Å²) in [5.74, 6) is 0.112. The lowest BCUT2D eigenvalue weighted by Gasteiger charge is -2.19. The molecule has 0 saturated carbocycles. The van der Waals surface area contributed by atoms with Crippen LogP contribution in [0.25, 0.3) is 0 Å². The Hall–Kier alpha value is -0.130. The molecule has 3 N–H and O–H groups in total. The lowest BCUT2D eigenvalue weighted by atomic mass is 10.1. The van der Waals surface area contributed by atoms with Crippen molar-refractivity contribution in [2.75, 3.05) is 12.3 Å². The molecule has 0 aromatic heterocycles. The first-order valence-corrected chi connectivity index (χ1v) is 5.64. The van der Waals surface area contributed by atoms with Gasteiger partial charge >= 0.3 is 0 Å². The molecular weight excluding hydrogens is 176 g/mol. The topological polar surface area (TPSA) is 72.2 Å². The van der Waals surface area contributed by atoms with E-state index < -0.39 is 15.6 Å². The Morgan fingerprint density at radius 3 is 2.17 bits per heavy atom. The second-order valence-corrected chi connectivity index (χ2v) is 5.66. The molecule has 0 aromatic carbocycles. The van der Waals surface area contributed by atoms with Crippen LogP contribution in [0, 0.1) is 0 Å². The zero-order valence-electron chi connectivity index (χ0n) is 7.92. The molecule has 0 spiro atoms. The molecule has 0 radical (unpaired) electrons. The Balaban J connectivity index is 4.06. The summed E-state index contributed by atoms with van der Waals surface area (Å²) in [6.45, 7) is 5.85. The molecule has 0 aromatic rings. The quantitative estimate of drug-likeness (QED) is 0.664. The Morgan fingerprint density at radius 1 is 1.33 bits per heavy atom. The van der Waals surface area contributed by atoms with E-state index in [4.69, 9.17) is 5.73 Å².